The first-order chi connectivity index (χ1) is 12.4. The number of nitrogens with zero attached hydrogens (tertiary/aromatic N) is 7. The van der Waals surface area contributed by atoms with Gasteiger partial charge in [-0.2, -0.15) is 4.98 Å². The van der Waals surface area contributed by atoms with E-state index in [-0.39, 0.29) is 12.1 Å². The first-order valence-corrected chi connectivity index (χ1v) is 8.78. The lowest BCUT2D eigenvalue weighted by Crippen LogP contribution is -2.57. The summed E-state index contributed by atoms with van der Waals surface area (Å²) in [5.74, 6) is 2.16. The minimum atomic E-state index is -0.729. The van der Waals surface area contributed by atoms with Gasteiger partial charge in [0.1, 0.15) is 24.4 Å². The summed E-state index contributed by atoms with van der Waals surface area (Å²) in [4.78, 5) is 25.6. The number of aliphatic hydroxyl groups is 2. The molecule has 2 N–H and O–H groups in total. The second-order valence-corrected chi connectivity index (χ2v) is 6.78. The monoisotopic (exact) mass is 359 g/mol. The fourth-order valence-corrected chi connectivity index (χ4v) is 3.30. The predicted molar refractivity (Wildman–Crippen MR) is 96.7 cm³/mol. The molecular formula is C17H25N7O2. The van der Waals surface area contributed by atoms with Crippen molar-refractivity contribution in [3.8, 4) is 0 Å². The van der Waals surface area contributed by atoms with Crippen LogP contribution in [0, 0.1) is 0 Å². The summed E-state index contributed by atoms with van der Waals surface area (Å²) in [5, 5.41) is 19.4. The van der Waals surface area contributed by atoms with Crippen molar-refractivity contribution in [1.29, 1.82) is 0 Å². The van der Waals surface area contributed by atoms with Gasteiger partial charge in [-0.15, -0.1) is 0 Å². The molecule has 0 bridgehead atoms. The predicted octanol–water partition coefficient (Wildman–Crippen LogP) is 0.872. The van der Waals surface area contributed by atoms with Crippen LogP contribution < -0.4 is 9.80 Å². The molecule has 0 saturated carbocycles. The maximum atomic E-state index is 9.75. The molecule has 0 radical (unpaired) electrons. The average molecular weight is 359 g/mol. The van der Waals surface area contributed by atoms with Gasteiger partial charge in [-0.1, -0.05) is 0 Å². The van der Waals surface area contributed by atoms with Crippen molar-refractivity contribution >= 4 is 11.8 Å². The number of aliphatic hydroxyl groups excluding tert-OH is 2. The van der Waals surface area contributed by atoms with Crippen LogP contribution in [0.25, 0.3) is 0 Å². The van der Waals surface area contributed by atoms with Gasteiger partial charge in [-0.05, 0) is 33.8 Å². The Morgan fingerprint density at radius 2 is 1.58 bits per heavy atom. The summed E-state index contributed by atoms with van der Waals surface area (Å²) >= 11 is 0. The van der Waals surface area contributed by atoms with Crippen LogP contribution in [0.5, 0.6) is 0 Å². The molecule has 1 aliphatic heterocycles. The van der Waals surface area contributed by atoms with Crippen molar-refractivity contribution in [2.24, 2.45) is 0 Å². The lowest BCUT2D eigenvalue weighted by atomic mass is 10.1. The number of hydrogen-bond acceptors (Lipinski definition) is 9. The summed E-state index contributed by atoms with van der Waals surface area (Å²) in [5.41, 5.74) is 0. The zero-order valence-electron chi connectivity index (χ0n) is 15.5. The molecule has 140 valence electrons. The van der Waals surface area contributed by atoms with Crippen molar-refractivity contribution in [2.75, 3.05) is 22.9 Å². The number of aromatic nitrogens is 5. The van der Waals surface area contributed by atoms with Crippen molar-refractivity contribution in [3.05, 3.63) is 30.2 Å². The van der Waals surface area contributed by atoms with E-state index in [0.717, 1.165) is 5.82 Å². The molecule has 1 fully saturated rings. The van der Waals surface area contributed by atoms with E-state index in [4.69, 9.17) is 0 Å². The van der Waals surface area contributed by atoms with E-state index in [1.54, 1.807) is 20.0 Å². The molecule has 9 nitrogen and oxygen atoms in total. The minimum Gasteiger partial charge on any atom is -0.385 e. The Kier molecular flexibility index (Phi) is 5.28. The molecule has 2 aromatic rings. The molecule has 0 aromatic carbocycles. The second kappa shape index (κ2) is 7.46. The van der Waals surface area contributed by atoms with Gasteiger partial charge in [0.2, 0.25) is 5.95 Å². The minimum absolute atomic E-state index is 0.155. The first-order valence-electron chi connectivity index (χ1n) is 8.78. The fraction of sp³-hybridized carbons (Fsp3) is 0.588. The van der Waals surface area contributed by atoms with Gasteiger partial charge in [0, 0.05) is 31.4 Å². The van der Waals surface area contributed by atoms with Crippen molar-refractivity contribution < 1.29 is 10.2 Å². The van der Waals surface area contributed by atoms with Gasteiger partial charge in [0.05, 0.1) is 0 Å². The topological polar surface area (TPSA) is 111 Å². The molecule has 2 aromatic heterocycles. The molecule has 3 rings (SSSR count). The van der Waals surface area contributed by atoms with Gasteiger partial charge in [-0.3, -0.25) is 0 Å². The van der Waals surface area contributed by atoms with E-state index in [9.17, 15) is 10.2 Å². The molecule has 0 amide bonds. The average Bonchev–Trinajstić information content (AvgIpc) is 2.61. The van der Waals surface area contributed by atoms with Crippen molar-refractivity contribution in [1.82, 2.24) is 24.9 Å². The summed E-state index contributed by atoms with van der Waals surface area (Å²) < 4.78 is 0. The van der Waals surface area contributed by atoms with Gasteiger partial charge >= 0.3 is 0 Å². The fourth-order valence-electron chi connectivity index (χ4n) is 3.30. The van der Waals surface area contributed by atoms with Crippen LogP contribution in [0.4, 0.5) is 11.8 Å². The molecule has 3 heterocycles. The summed E-state index contributed by atoms with van der Waals surface area (Å²) in [6.07, 6.45) is 1.68. The molecule has 0 spiro atoms. The van der Waals surface area contributed by atoms with E-state index in [0.29, 0.717) is 30.7 Å². The molecular weight excluding hydrogens is 334 g/mol. The Morgan fingerprint density at radius 1 is 0.962 bits per heavy atom. The van der Waals surface area contributed by atoms with Crippen molar-refractivity contribution in [2.45, 2.75) is 52.0 Å². The zero-order valence-corrected chi connectivity index (χ0v) is 15.5. The quantitative estimate of drug-likeness (QED) is 0.821. The van der Waals surface area contributed by atoms with Gasteiger partial charge in [0.25, 0.3) is 0 Å². The highest BCUT2D eigenvalue weighted by molar-refractivity contribution is 5.45. The maximum absolute atomic E-state index is 9.75. The standard InChI is InChI=1S/C17H25N7O2/c1-10-7-23(17-20-9-19-16(22-17)13(4)26)8-11(2)24(10)14-5-6-18-15(21-14)12(3)25/h5-6,9-13,25-26H,7-8H2,1-4H3/t10-,11+,12-,13-/m0/s1. The third kappa shape index (κ3) is 3.73. The Morgan fingerprint density at radius 3 is 2.19 bits per heavy atom. The van der Waals surface area contributed by atoms with Crippen LogP contribution in [0.3, 0.4) is 0 Å². The third-order valence-corrected chi connectivity index (χ3v) is 4.45. The van der Waals surface area contributed by atoms with Gasteiger partial charge in [-0.25, -0.2) is 19.9 Å². The van der Waals surface area contributed by atoms with E-state index in [2.05, 4.69) is 48.6 Å². The molecule has 1 aliphatic rings. The lowest BCUT2D eigenvalue weighted by molar-refractivity contribution is 0.188. The Hall–Kier alpha value is -2.39. The molecule has 4 atom stereocenters. The first kappa shape index (κ1) is 18.4. The summed E-state index contributed by atoms with van der Waals surface area (Å²) in [7, 11) is 0. The smallest absolute Gasteiger partial charge is 0.228 e. The molecule has 9 heteroatoms. The van der Waals surface area contributed by atoms with Crippen LogP contribution in [-0.2, 0) is 0 Å². The lowest BCUT2D eigenvalue weighted by Gasteiger charge is -2.45. The Balaban J connectivity index is 1.81. The number of anilines is 2. The van der Waals surface area contributed by atoms with E-state index < -0.39 is 12.2 Å². The second-order valence-electron chi connectivity index (χ2n) is 6.78. The van der Waals surface area contributed by atoms with E-state index in [1.165, 1.54) is 6.33 Å². The highest BCUT2D eigenvalue weighted by atomic mass is 16.3. The highest BCUT2D eigenvalue weighted by Gasteiger charge is 2.32. The largest absolute Gasteiger partial charge is 0.385 e. The van der Waals surface area contributed by atoms with Crippen LogP contribution in [0.15, 0.2) is 18.6 Å². The van der Waals surface area contributed by atoms with Crippen molar-refractivity contribution in [3.63, 3.8) is 0 Å². The summed E-state index contributed by atoms with van der Waals surface area (Å²) in [6.45, 7) is 8.94. The summed E-state index contributed by atoms with van der Waals surface area (Å²) in [6, 6.07) is 2.17. The van der Waals surface area contributed by atoms with E-state index >= 15 is 0 Å². The SMILES string of the molecule is C[C@H](O)c1nccc(N2[C@H](C)CN(c3ncnc([C@H](C)O)n3)C[C@@H]2C)n1. The van der Waals surface area contributed by atoms with Gasteiger partial charge < -0.3 is 20.0 Å². The molecule has 26 heavy (non-hydrogen) atoms. The van der Waals surface area contributed by atoms with Crippen LogP contribution in [0.2, 0.25) is 0 Å². The number of hydrogen-bond donors (Lipinski definition) is 2. The number of rotatable bonds is 4. The van der Waals surface area contributed by atoms with Crippen LogP contribution in [-0.4, -0.2) is 60.3 Å². The van der Waals surface area contributed by atoms with Crippen LogP contribution >= 0.6 is 0 Å². The third-order valence-electron chi connectivity index (χ3n) is 4.45. The zero-order chi connectivity index (χ0) is 18.8. The molecule has 0 unspecified atom stereocenters. The Bertz CT molecular complexity index is 743. The molecule has 0 aliphatic carbocycles. The highest BCUT2D eigenvalue weighted by Crippen LogP contribution is 2.25. The molecule has 1 saturated heterocycles. The Labute approximate surface area is 152 Å². The van der Waals surface area contributed by atoms with E-state index in [1.807, 2.05) is 6.07 Å². The van der Waals surface area contributed by atoms with Crippen LogP contribution in [0.1, 0.15) is 51.6 Å². The maximum Gasteiger partial charge on any atom is 0.228 e. The number of piperazine rings is 1. The normalized spacial score (nSPS) is 23.0. The van der Waals surface area contributed by atoms with Gasteiger partial charge in [0.15, 0.2) is 11.6 Å².